The van der Waals surface area contributed by atoms with Crippen LogP contribution in [-0.2, 0) is 4.74 Å². The summed E-state index contributed by atoms with van der Waals surface area (Å²) in [6, 6.07) is 16.7. The van der Waals surface area contributed by atoms with Crippen LogP contribution in [0.1, 0.15) is 29.4 Å². The van der Waals surface area contributed by atoms with E-state index in [1.165, 1.54) is 6.20 Å². The smallest absolute Gasteiger partial charge is 0.359 e. The van der Waals surface area contributed by atoms with Gasteiger partial charge in [-0.25, -0.2) is 9.78 Å². The first kappa shape index (κ1) is 15.9. The fourth-order valence-electron chi connectivity index (χ4n) is 2.42. The molecule has 0 amide bonds. The van der Waals surface area contributed by atoms with Gasteiger partial charge in [-0.1, -0.05) is 30.3 Å². The van der Waals surface area contributed by atoms with Crippen molar-refractivity contribution in [1.29, 1.82) is 0 Å². The predicted molar refractivity (Wildman–Crippen MR) is 93.1 cm³/mol. The highest BCUT2D eigenvalue weighted by Gasteiger charge is 2.21. The maximum atomic E-state index is 12.3. The molecule has 2 aromatic carbocycles. The van der Waals surface area contributed by atoms with Crippen molar-refractivity contribution in [2.45, 2.75) is 13.0 Å². The summed E-state index contributed by atoms with van der Waals surface area (Å²) in [6.07, 6.45) is 0.682. The second kappa shape index (κ2) is 6.72. The zero-order chi connectivity index (χ0) is 17.9. The summed E-state index contributed by atoms with van der Waals surface area (Å²) in [5, 5.41) is 7.95. The summed E-state index contributed by atoms with van der Waals surface area (Å²) < 4.78 is 11.0. The van der Waals surface area contributed by atoms with Crippen molar-refractivity contribution in [2.24, 2.45) is 0 Å². The van der Waals surface area contributed by atoms with E-state index in [9.17, 15) is 4.79 Å². The number of carbonyl (C=O) groups excluding carboxylic acids is 1. The van der Waals surface area contributed by atoms with Crippen LogP contribution in [0.4, 0.5) is 0 Å². The van der Waals surface area contributed by atoms with Crippen LogP contribution in [0.3, 0.4) is 0 Å². The normalized spacial score (nSPS) is 12.0. The average Bonchev–Trinajstić information content (AvgIpc) is 3.18. The summed E-state index contributed by atoms with van der Waals surface area (Å²) in [6.45, 7) is 1.66. The van der Waals surface area contributed by atoms with Gasteiger partial charge in [0.2, 0.25) is 5.89 Å². The lowest BCUT2D eigenvalue weighted by molar-refractivity contribution is 0.0273. The van der Waals surface area contributed by atoms with Crippen molar-refractivity contribution in [1.82, 2.24) is 20.2 Å². The molecule has 0 saturated carbocycles. The summed E-state index contributed by atoms with van der Waals surface area (Å²) in [5.41, 5.74) is 2.25. The Balaban J connectivity index is 1.51. The van der Waals surface area contributed by atoms with Crippen LogP contribution in [0.5, 0.6) is 0 Å². The van der Waals surface area contributed by atoms with Crippen molar-refractivity contribution in [2.75, 3.05) is 0 Å². The molecule has 2 aromatic heterocycles. The first-order valence-corrected chi connectivity index (χ1v) is 8.02. The van der Waals surface area contributed by atoms with E-state index >= 15 is 0 Å². The third-order valence-corrected chi connectivity index (χ3v) is 3.75. The Hall–Kier alpha value is -3.61. The molecule has 4 aromatic rings. The van der Waals surface area contributed by atoms with E-state index < -0.39 is 12.1 Å². The Kier molecular flexibility index (Phi) is 4.10. The summed E-state index contributed by atoms with van der Waals surface area (Å²) >= 11 is 0. The minimum Gasteiger partial charge on any atom is -0.448 e. The second-order valence-electron chi connectivity index (χ2n) is 5.60. The van der Waals surface area contributed by atoms with Crippen LogP contribution in [0.15, 0.2) is 65.2 Å². The zero-order valence-electron chi connectivity index (χ0n) is 13.9. The van der Waals surface area contributed by atoms with Gasteiger partial charge in [-0.05, 0) is 31.2 Å². The minimum absolute atomic E-state index is 0.123. The van der Waals surface area contributed by atoms with Crippen LogP contribution in [0.2, 0.25) is 0 Å². The van der Waals surface area contributed by atoms with E-state index in [1.54, 1.807) is 13.0 Å². The number of esters is 1. The van der Waals surface area contributed by atoms with Crippen molar-refractivity contribution < 1.29 is 13.9 Å². The molecule has 0 radical (unpaired) electrons. The van der Waals surface area contributed by atoms with Gasteiger partial charge in [-0.3, -0.25) is 4.98 Å². The molecule has 26 heavy (non-hydrogen) atoms. The summed E-state index contributed by atoms with van der Waals surface area (Å²) in [4.78, 5) is 20.8. The third kappa shape index (κ3) is 3.14. The minimum atomic E-state index is -0.708. The molecule has 1 atom stereocenters. The van der Waals surface area contributed by atoms with E-state index in [2.05, 4.69) is 20.2 Å². The van der Waals surface area contributed by atoms with Crippen LogP contribution >= 0.6 is 0 Å². The van der Waals surface area contributed by atoms with Crippen molar-refractivity contribution >= 4 is 17.0 Å². The number of rotatable bonds is 4. The molecule has 2 heterocycles. The summed E-state index contributed by atoms with van der Waals surface area (Å²) in [5.74, 6) is -0.0184. The van der Waals surface area contributed by atoms with Gasteiger partial charge < -0.3 is 9.15 Å². The third-order valence-electron chi connectivity index (χ3n) is 3.75. The molecular weight excluding hydrogens is 332 g/mol. The van der Waals surface area contributed by atoms with Crippen molar-refractivity contribution in [3.8, 4) is 11.5 Å². The molecule has 0 spiro atoms. The summed E-state index contributed by atoms with van der Waals surface area (Å²) in [7, 11) is 0. The SMILES string of the molecule is C[C@H](OC(=O)c1cnc2ccccc2n1)c1nnc(-c2ccccc2)o1. The molecule has 7 nitrogen and oxygen atoms in total. The number of fused-ring (bicyclic) bond motifs is 1. The molecular formula is C19H14N4O3. The Morgan fingerprint density at radius 3 is 2.54 bits per heavy atom. The highest BCUT2D eigenvalue weighted by Crippen LogP contribution is 2.22. The molecule has 0 aliphatic carbocycles. The van der Waals surface area contributed by atoms with Gasteiger partial charge in [0, 0.05) is 5.56 Å². The molecule has 0 fully saturated rings. The Labute approximate surface area is 148 Å². The van der Waals surface area contributed by atoms with Gasteiger partial charge in [-0.15, -0.1) is 10.2 Å². The topological polar surface area (TPSA) is 91.0 Å². The van der Waals surface area contributed by atoms with Crippen molar-refractivity contribution in [3.63, 3.8) is 0 Å². The lowest BCUT2D eigenvalue weighted by atomic mass is 10.2. The zero-order valence-corrected chi connectivity index (χ0v) is 13.9. The van der Waals surface area contributed by atoms with Gasteiger partial charge >= 0.3 is 5.97 Å². The molecule has 128 valence electrons. The van der Waals surface area contributed by atoms with Gasteiger partial charge in [-0.2, -0.15) is 0 Å². The number of carbonyl (C=O) groups is 1. The van der Waals surface area contributed by atoms with E-state index in [4.69, 9.17) is 9.15 Å². The first-order valence-electron chi connectivity index (χ1n) is 8.02. The Morgan fingerprint density at radius 1 is 1.00 bits per heavy atom. The van der Waals surface area contributed by atoms with Crippen LogP contribution in [-0.4, -0.2) is 26.1 Å². The lowest BCUT2D eigenvalue weighted by Crippen LogP contribution is -2.11. The van der Waals surface area contributed by atoms with Gasteiger partial charge in [0.1, 0.15) is 0 Å². The van der Waals surface area contributed by atoms with Gasteiger partial charge in [0.15, 0.2) is 11.8 Å². The fourth-order valence-corrected chi connectivity index (χ4v) is 2.42. The first-order chi connectivity index (χ1) is 12.7. The Morgan fingerprint density at radius 2 is 1.73 bits per heavy atom. The molecule has 0 N–H and O–H groups in total. The molecule has 4 rings (SSSR count). The monoisotopic (exact) mass is 346 g/mol. The standard InChI is InChI=1S/C19H14N4O3/c1-12(17-22-23-18(26-17)13-7-3-2-4-8-13)25-19(24)16-11-20-14-9-5-6-10-15(14)21-16/h2-12H,1H3/t12-/m0/s1. The van der Waals surface area contributed by atoms with Crippen LogP contribution < -0.4 is 0 Å². The Bertz CT molecular complexity index is 1060. The molecule has 0 unspecified atom stereocenters. The predicted octanol–water partition coefficient (Wildman–Crippen LogP) is 3.60. The highest BCUT2D eigenvalue weighted by atomic mass is 16.6. The van der Waals surface area contributed by atoms with E-state index in [0.717, 1.165) is 5.56 Å². The quantitative estimate of drug-likeness (QED) is 0.521. The molecule has 7 heteroatoms. The largest absolute Gasteiger partial charge is 0.448 e. The van der Waals surface area contributed by atoms with Crippen molar-refractivity contribution in [3.05, 3.63) is 72.4 Å². The molecule has 0 aliphatic rings. The average molecular weight is 346 g/mol. The van der Waals surface area contributed by atoms with Crippen LogP contribution in [0, 0.1) is 0 Å². The number of hydrogen-bond acceptors (Lipinski definition) is 7. The van der Waals surface area contributed by atoms with E-state index in [-0.39, 0.29) is 11.6 Å². The number of nitrogens with zero attached hydrogens (tertiary/aromatic N) is 4. The maximum absolute atomic E-state index is 12.3. The van der Waals surface area contributed by atoms with E-state index in [1.807, 2.05) is 48.5 Å². The molecule has 0 saturated heterocycles. The number of hydrogen-bond donors (Lipinski definition) is 0. The van der Waals surface area contributed by atoms with E-state index in [0.29, 0.717) is 16.9 Å². The van der Waals surface area contributed by atoms with Gasteiger partial charge in [0.05, 0.1) is 17.2 Å². The molecule has 0 aliphatic heterocycles. The molecule has 0 bridgehead atoms. The number of ether oxygens (including phenoxy) is 1. The second-order valence-corrected chi connectivity index (χ2v) is 5.60. The van der Waals surface area contributed by atoms with Crippen LogP contribution in [0.25, 0.3) is 22.5 Å². The number of aromatic nitrogens is 4. The number of para-hydroxylation sites is 2. The fraction of sp³-hybridized carbons (Fsp3) is 0.105. The number of benzene rings is 2. The lowest BCUT2D eigenvalue weighted by Gasteiger charge is -2.09. The van der Waals surface area contributed by atoms with Gasteiger partial charge in [0.25, 0.3) is 5.89 Å². The highest BCUT2D eigenvalue weighted by molar-refractivity contribution is 5.89. The maximum Gasteiger partial charge on any atom is 0.359 e.